The molecular formula is C27H37N3O2. The maximum Gasteiger partial charge on any atom is 0.320 e. The van der Waals surface area contributed by atoms with Crippen LogP contribution in [0.2, 0.25) is 0 Å². The molecule has 32 heavy (non-hydrogen) atoms. The first-order valence-corrected chi connectivity index (χ1v) is 12.4. The Hall–Kier alpha value is -2.53. The molecule has 1 saturated heterocycles. The van der Waals surface area contributed by atoms with Gasteiger partial charge in [0.2, 0.25) is 0 Å². The number of likely N-dealkylation sites (tertiary alicyclic amines) is 1. The zero-order valence-corrected chi connectivity index (χ0v) is 19.6. The number of unbranched alkanes of at least 4 members (excludes halogenated alkanes) is 2. The number of rotatable bonds is 8. The largest absolute Gasteiger partial charge is 0.457 e. The molecular weight excluding hydrogens is 398 g/mol. The Morgan fingerprint density at radius 3 is 2.19 bits per heavy atom. The quantitative estimate of drug-likeness (QED) is 0.557. The van der Waals surface area contributed by atoms with Crippen molar-refractivity contribution >= 4 is 6.03 Å². The van der Waals surface area contributed by atoms with E-state index >= 15 is 0 Å². The van der Waals surface area contributed by atoms with Gasteiger partial charge in [0.25, 0.3) is 0 Å². The summed E-state index contributed by atoms with van der Waals surface area (Å²) in [7, 11) is 0. The standard InChI is InChI=1S/C27H37N3O2/c1-3-5-17-29(18-6-4-2)27(31)30-19-11-12-21(20-30)28-26-22-13-7-9-15-24(22)32-25-16-10-8-14-23(25)26/h7-10,13-16,21,26,28H,3-6,11-12,17-20H2,1-2H3. The molecule has 0 radical (unpaired) electrons. The number of benzene rings is 2. The lowest BCUT2D eigenvalue weighted by Crippen LogP contribution is -2.53. The number of hydrogen-bond acceptors (Lipinski definition) is 3. The maximum absolute atomic E-state index is 13.3. The third kappa shape index (κ3) is 5.09. The van der Waals surface area contributed by atoms with Gasteiger partial charge in [-0.2, -0.15) is 0 Å². The van der Waals surface area contributed by atoms with Crippen LogP contribution < -0.4 is 10.1 Å². The third-order valence-electron chi connectivity index (χ3n) is 6.61. The van der Waals surface area contributed by atoms with E-state index in [9.17, 15) is 4.79 Å². The molecule has 5 heteroatoms. The van der Waals surface area contributed by atoms with E-state index in [1.807, 2.05) is 24.3 Å². The highest BCUT2D eigenvalue weighted by atomic mass is 16.5. The molecule has 0 aliphatic carbocycles. The van der Waals surface area contributed by atoms with E-state index in [4.69, 9.17) is 4.74 Å². The number of fused-ring (bicyclic) bond motifs is 2. The van der Waals surface area contributed by atoms with Gasteiger partial charge in [-0.15, -0.1) is 0 Å². The van der Waals surface area contributed by atoms with Gasteiger partial charge in [-0.3, -0.25) is 0 Å². The highest BCUT2D eigenvalue weighted by Crippen LogP contribution is 2.42. The first-order chi connectivity index (χ1) is 15.7. The summed E-state index contributed by atoms with van der Waals surface area (Å²) in [5.41, 5.74) is 2.34. The molecule has 0 aromatic heterocycles. The van der Waals surface area contributed by atoms with E-state index in [0.717, 1.165) is 76.2 Å². The summed E-state index contributed by atoms with van der Waals surface area (Å²) in [5.74, 6) is 1.83. The molecule has 1 N–H and O–H groups in total. The molecule has 2 aromatic carbocycles. The zero-order chi connectivity index (χ0) is 22.3. The van der Waals surface area contributed by atoms with Crippen LogP contribution in [0.4, 0.5) is 4.79 Å². The number of carbonyl (C=O) groups is 1. The molecule has 2 aliphatic heterocycles. The van der Waals surface area contributed by atoms with Crippen LogP contribution in [0.3, 0.4) is 0 Å². The van der Waals surface area contributed by atoms with Crippen molar-refractivity contribution in [1.82, 2.24) is 15.1 Å². The second-order valence-electron chi connectivity index (χ2n) is 9.04. The summed E-state index contributed by atoms with van der Waals surface area (Å²) in [6.07, 6.45) is 6.48. The van der Waals surface area contributed by atoms with Crippen LogP contribution in [0.25, 0.3) is 0 Å². The van der Waals surface area contributed by atoms with E-state index in [1.165, 1.54) is 11.1 Å². The highest BCUT2D eigenvalue weighted by Gasteiger charge is 2.32. The number of carbonyl (C=O) groups excluding carboxylic acids is 1. The molecule has 0 spiro atoms. The third-order valence-corrected chi connectivity index (χ3v) is 6.61. The van der Waals surface area contributed by atoms with Gasteiger partial charge in [0, 0.05) is 43.3 Å². The lowest BCUT2D eigenvalue weighted by Gasteiger charge is -2.39. The summed E-state index contributed by atoms with van der Waals surface area (Å²) >= 11 is 0. The normalized spacial score (nSPS) is 17.9. The summed E-state index contributed by atoms with van der Waals surface area (Å²) in [6, 6.07) is 17.1. The summed E-state index contributed by atoms with van der Waals surface area (Å²) in [4.78, 5) is 17.5. The molecule has 4 rings (SSSR count). The summed E-state index contributed by atoms with van der Waals surface area (Å²) < 4.78 is 6.15. The summed E-state index contributed by atoms with van der Waals surface area (Å²) in [6.45, 7) is 7.72. The average Bonchev–Trinajstić information content (AvgIpc) is 2.84. The van der Waals surface area contributed by atoms with Crippen molar-refractivity contribution in [2.45, 2.75) is 64.5 Å². The molecule has 0 saturated carbocycles. The van der Waals surface area contributed by atoms with E-state index in [2.05, 4.69) is 53.2 Å². The van der Waals surface area contributed by atoms with Crippen LogP contribution in [0.15, 0.2) is 48.5 Å². The molecule has 2 heterocycles. The van der Waals surface area contributed by atoms with Crippen molar-refractivity contribution in [1.29, 1.82) is 0 Å². The number of nitrogens with one attached hydrogen (secondary N) is 1. The first kappa shape index (κ1) is 22.7. The number of piperidine rings is 1. The van der Waals surface area contributed by atoms with Crippen LogP contribution in [-0.2, 0) is 0 Å². The molecule has 172 valence electrons. The zero-order valence-electron chi connectivity index (χ0n) is 19.6. The van der Waals surface area contributed by atoms with E-state index < -0.39 is 0 Å². The molecule has 1 atom stereocenters. The Kier molecular flexibility index (Phi) is 7.69. The maximum atomic E-state index is 13.3. The van der Waals surface area contributed by atoms with Crippen LogP contribution in [-0.4, -0.2) is 48.1 Å². The molecule has 0 bridgehead atoms. The second-order valence-corrected chi connectivity index (χ2v) is 9.04. The monoisotopic (exact) mass is 435 g/mol. The Morgan fingerprint density at radius 1 is 1.00 bits per heavy atom. The topological polar surface area (TPSA) is 44.8 Å². The smallest absolute Gasteiger partial charge is 0.320 e. The van der Waals surface area contributed by atoms with Crippen molar-refractivity contribution in [3.05, 3.63) is 59.7 Å². The number of nitrogens with zero attached hydrogens (tertiary/aromatic N) is 2. The minimum absolute atomic E-state index is 0.0764. The number of amides is 2. The van der Waals surface area contributed by atoms with Crippen molar-refractivity contribution in [3.63, 3.8) is 0 Å². The van der Waals surface area contributed by atoms with Crippen LogP contribution in [0, 0.1) is 0 Å². The lowest BCUT2D eigenvalue weighted by molar-refractivity contribution is 0.131. The fraction of sp³-hybridized carbons (Fsp3) is 0.519. The molecule has 2 amide bonds. The first-order valence-electron chi connectivity index (χ1n) is 12.4. The van der Waals surface area contributed by atoms with E-state index in [0.29, 0.717) is 0 Å². The van der Waals surface area contributed by atoms with Gasteiger partial charge >= 0.3 is 6.03 Å². The molecule has 1 fully saturated rings. The van der Waals surface area contributed by atoms with Gasteiger partial charge < -0.3 is 19.9 Å². The second kappa shape index (κ2) is 10.9. The van der Waals surface area contributed by atoms with Crippen molar-refractivity contribution < 1.29 is 9.53 Å². The van der Waals surface area contributed by atoms with Gasteiger partial charge in [-0.25, -0.2) is 4.79 Å². The van der Waals surface area contributed by atoms with Crippen LogP contribution >= 0.6 is 0 Å². The Labute approximate surface area is 192 Å². The fourth-order valence-electron chi connectivity index (χ4n) is 4.81. The molecule has 5 nitrogen and oxygen atoms in total. The minimum atomic E-state index is 0.0764. The lowest BCUT2D eigenvalue weighted by atomic mass is 9.93. The van der Waals surface area contributed by atoms with Gasteiger partial charge in [0.1, 0.15) is 11.5 Å². The van der Waals surface area contributed by atoms with Crippen molar-refractivity contribution in [2.75, 3.05) is 26.2 Å². The molecule has 2 aliphatic rings. The van der Waals surface area contributed by atoms with Crippen LogP contribution in [0.1, 0.15) is 69.5 Å². The van der Waals surface area contributed by atoms with Crippen molar-refractivity contribution in [2.24, 2.45) is 0 Å². The Balaban J connectivity index is 1.48. The Bertz CT molecular complexity index is 846. The number of hydrogen-bond donors (Lipinski definition) is 1. The van der Waals surface area contributed by atoms with Crippen LogP contribution in [0.5, 0.6) is 11.5 Å². The fourth-order valence-corrected chi connectivity index (χ4v) is 4.81. The minimum Gasteiger partial charge on any atom is -0.457 e. The van der Waals surface area contributed by atoms with Gasteiger partial charge in [0.05, 0.1) is 6.04 Å². The molecule has 1 unspecified atom stereocenters. The Morgan fingerprint density at radius 2 is 1.59 bits per heavy atom. The van der Waals surface area contributed by atoms with Gasteiger partial charge in [-0.05, 0) is 37.8 Å². The number of para-hydroxylation sites is 2. The SMILES string of the molecule is CCCCN(CCCC)C(=O)N1CCCC(NC2c3ccccc3Oc3ccccc32)C1. The van der Waals surface area contributed by atoms with Crippen molar-refractivity contribution in [3.8, 4) is 11.5 Å². The highest BCUT2D eigenvalue weighted by molar-refractivity contribution is 5.74. The van der Waals surface area contributed by atoms with E-state index in [1.54, 1.807) is 0 Å². The predicted molar refractivity (Wildman–Crippen MR) is 129 cm³/mol. The number of urea groups is 1. The van der Waals surface area contributed by atoms with Gasteiger partial charge in [0.15, 0.2) is 0 Å². The predicted octanol–water partition coefficient (Wildman–Crippen LogP) is 5.96. The summed E-state index contributed by atoms with van der Waals surface area (Å²) in [5, 5.41) is 3.89. The van der Waals surface area contributed by atoms with E-state index in [-0.39, 0.29) is 18.1 Å². The van der Waals surface area contributed by atoms with Gasteiger partial charge in [-0.1, -0.05) is 63.1 Å². The number of ether oxygens (including phenoxy) is 1. The molecule has 2 aromatic rings. The average molecular weight is 436 g/mol.